The number of amides is 2. The fraction of sp³-hybridized carbons (Fsp3) is 0.300. The van der Waals surface area contributed by atoms with Crippen LogP contribution in [0.4, 0.5) is 17.1 Å². The molecule has 152 valence electrons. The number of morpholine rings is 1. The molecule has 1 heterocycles. The number of carbonyl (C=O) groups excluding carboxylic acids is 2. The summed E-state index contributed by atoms with van der Waals surface area (Å²) in [5.74, 6) is -1.57. The molecule has 1 aliphatic rings. The highest BCUT2D eigenvalue weighted by Gasteiger charge is 2.14. The van der Waals surface area contributed by atoms with E-state index in [1.807, 2.05) is 24.3 Å². The molecule has 29 heavy (non-hydrogen) atoms. The summed E-state index contributed by atoms with van der Waals surface area (Å²) in [5, 5.41) is 15.6. The molecule has 1 saturated heterocycles. The molecule has 2 N–H and O–H groups in total. The second-order valence-electron chi connectivity index (χ2n) is 6.53. The van der Waals surface area contributed by atoms with Gasteiger partial charge < -0.3 is 20.3 Å². The molecule has 0 bridgehead atoms. The van der Waals surface area contributed by atoms with Crippen molar-refractivity contribution in [2.75, 3.05) is 43.1 Å². The van der Waals surface area contributed by atoms with Gasteiger partial charge in [-0.25, -0.2) is 0 Å². The summed E-state index contributed by atoms with van der Waals surface area (Å²) in [6.07, 6.45) is 0.597. The average molecular weight is 398 g/mol. The number of hydrogen-bond acceptors (Lipinski definition) is 6. The van der Waals surface area contributed by atoms with Crippen molar-refractivity contribution in [2.45, 2.75) is 6.42 Å². The molecule has 2 amide bonds. The van der Waals surface area contributed by atoms with Gasteiger partial charge in [-0.15, -0.1) is 0 Å². The van der Waals surface area contributed by atoms with E-state index in [0.717, 1.165) is 37.6 Å². The molecule has 0 atom stereocenters. The molecule has 2 aromatic rings. The van der Waals surface area contributed by atoms with Gasteiger partial charge in [-0.2, -0.15) is 0 Å². The lowest BCUT2D eigenvalue weighted by atomic mass is 10.1. The fourth-order valence-electron chi connectivity index (χ4n) is 2.95. The standard InChI is InChI=1S/C20H22N4O5/c25-19(20(26)22-16-3-7-18(8-4-16)24(27)28)21-10-9-15-1-5-17(6-2-15)23-11-13-29-14-12-23/h1-8H,9-14H2,(H,21,25)(H,22,26). The summed E-state index contributed by atoms with van der Waals surface area (Å²) in [4.78, 5) is 36.2. The number of carbonyl (C=O) groups is 2. The Bertz CT molecular complexity index is 861. The monoisotopic (exact) mass is 398 g/mol. The number of nitro groups is 1. The Morgan fingerprint density at radius 1 is 1.00 bits per heavy atom. The van der Waals surface area contributed by atoms with E-state index in [9.17, 15) is 19.7 Å². The van der Waals surface area contributed by atoms with Crippen molar-refractivity contribution in [3.63, 3.8) is 0 Å². The number of non-ortho nitro benzene ring substituents is 1. The molecule has 1 fully saturated rings. The molecule has 2 aromatic carbocycles. The van der Waals surface area contributed by atoms with Crippen LogP contribution in [-0.2, 0) is 20.7 Å². The Morgan fingerprint density at radius 3 is 2.28 bits per heavy atom. The summed E-state index contributed by atoms with van der Waals surface area (Å²) in [6, 6.07) is 13.4. The largest absolute Gasteiger partial charge is 0.378 e. The van der Waals surface area contributed by atoms with Crippen molar-refractivity contribution in [1.29, 1.82) is 0 Å². The Balaban J connectivity index is 1.42. The zero-order valence-electron chi connectivity index (χ0n) is 15.8. The van der Waals surface area contributed by atoms with Gasteiger partial charge in [-0.05, 0) is 36.2 Å². The van der Waals surface area contributed by atoms with Crippen LogP contribution in [0.3, 0.4) is 0 Å². The molecular weight excluding hydrogens is 376 g/mol. The second kappa shape index (κ2) is 9.65. The lowest BCUT2D eigenvalue weighted by Gasteiger charge is -2.28. The Hall–Kier alpha value is -3.46. The molecule has 0 aliphatic carbocycles. The van der Waals surface area contributed by atoms with E-state index in [4.69, 9.17) is 4.74 Å². The van der Waals surface area contributed by atoms with E-state index in [-0.39, 0.29) is 5.69 Å². The van der Waals surface area contributed by atoms with E-state index in [1.165, 1.54) is 24.3 Å². The number of benzene rings is 2. The summed E-state index contributed by atoms with van der Waals surface area (Å²) in [6.45, 7) is 3.54. The second-order valence-corrected chi connectivity index (χ2v) is 6.53. The number of nitrogens with one attached hydrogen (secondary N) is 2. The number of nitro benzene ring substituents is 1. The maximum atomic E-state index is 11.9. The molecule has 3 rings (SSSR count). The van der Waals surface area contributed by atoms with Crippen molar-refractivity contribution in [1.82, 2.24) is 5.32 Å². The number of rotatable bonds is 6. The van der Waals surface area contributed by atoms with Gasteiger partial charge >= 0.3 is 11.8 Å². The summed E-state index contributed by atoms with van der Waals surface area (Å²) >= 11 is 0. The van der Waals surface area contributed by atoms with Crippen molar-refractivity contribution in [2.24, 2.45) is 0 Å². The number of anilines is 2. The van der Waals surface area contributed by atoms with Crippen LogP contribution in [0.5, 0.6) is 0 Å². The smallest absolute Gasteiger partial charge is 0.313 e. The highest BCUT2D eigenvalue weighted by atomic mass is 16.6. The van der Waals surface area contributed by atoms with E-state index in [1.54, 1.807) is 0 Å². The van der Waals surface area contributed by atoms with E-state index in [2.05, 4.69) is 15.5 Å². The minimum atomic E-state index is -0.818. The van der Waals surface area contributed by atoms with Gasteiger partial charge in [-0.1, -0.05) is 12.1 Å². The topological polar surface area (TPSA) is 114 Å². The molecule has 0 unspecified atom stereocenters. The molecule has 0 radical (unpaired) electrons. The van der Waals surface area contributed by atoms with Crippen LogP contribution in [-0.4, -0.2) is 49.6 Å². The quantitative estimate of drug-likeness (QED) is 0.435. The first kappa shape index (κ1) is 20.3. The zero-order chi connectivity index (χ0) is 20.6. The lowest BCUT2D eigenvalue weighted by Crippen LogP contribution is -2.36. The van der Waals surface area contributed by atoms with Gasteiger partial charge in [-0.3, -0.25) is 19.7 Å². The van der Waals surface area contributed by atoms with Gasteiger partial charge in [0.2, 0.25) is 0 Å². The number of ether oxygens (including phenoxy) is 1. The Morgan fingerprint density at radius 2 is 1.66 bits per heavy atom. The number of nitrogens with zero attached hydrogens (tertiary/aromatic N) is 2. The first-order valence-electron chi connectivity index (χ1n) is 9.28. The maximum absolute atomic E-state index is 11.9. The normalized spacial score (nSPS) is 13.6. The molecule has 0 spiro atoms. The predicted octanol–water partition coefficient (Wildman–Crippen LogP) is 1.73. The first-order chi connectivity index (χ1) is 14.0. The molecule has 0 saturated carbocycles. The first-order valence-corrected chi connectivity index (χ1v) is 9.28. The average Bonchev–Trinajstić information content (AvgIpc) is 2.75. The molecule has 9 nitrogen and oxygen atoms in total. The number of hydrogen-bond donors (Lipinski definition) is 2. The highest BCUT2D eigenvalue weighted by Crippen LogP contribution is 2.17. The fourth-order valence-corrected chi connectivity index (χ4v) is 2.95. The Labute approximate surface area is 167 Å². The van der Waals surface area contributed by atoms with Gasteiger partial charge in [0.05, 0.1) is 18.1 Å². The lowest BCUT2D eigenvalue weighted by molar-refractivity contribution is -0.384. The van der Waals surface area contributed by atoms with Crippen LogP contribution < -0.4 is 15.5 Å². The highest BCUT2D eigenvalue weighted by molar-refractivity contribution is 6.39. The SMILES string of the molecule is O=C(NCCc1ccc(N2CCOCC2)cc1)C(=O)Nc1ccc([N+](=O)[O-])cc1. The van der Waals surface area contributed by atoms with Gasteiger partial charge in [0.1, 0.15) is 0 Å². The summed E-state index contributed by atoms with van der Waals surface area (Å²) in [7, 11) is 0. The predicted molar refractivity (Wildman–Crippen MR) is 108 cm³/mol. The molecule has 0 aromatic heterocycles. The van der Waals surface area contributed by atoms with Crippen LogP contribution in [0.25, 0.3) is 0 Å². The van der Waals surface area contributed by atoms with Crippen LogP contribution in [0.1, 0.15) is 5.56 Å². The van der Waals surface area contributed by atoms with Crippen molar-refractivity contribution in [3.05, 3.63) is 64.2 Å². The third-order valence-corrected chi connectivity index (χ3v) is 4.55. The third-order valence-electron chi connectivity index (χ3n) is 4.55. The van der Waals surface area contributed by atoms with E-state index in [0.29, 0.717) is 18.7 Å². The molecule has 9 heteroatoms. The van der Waals surface area contributed by atoms with Crippen LogP contribution >= 0.6 is 0 Å². The van der Waals surface area contributed by atoms with Crippen LogP contribution in [0, 0.1) is 10.1 Å². The van der Waals surface area contributed by atoms with Crippen molar-refractivity contribution < 1.29 is 19.2 Å². The van der Waals surface area contributed by atoms with Crippen LogP contribution in [0.2, 0.25) is 0 Å². The molecule has 1 aliphatic heterocycles. The maximum Gasteiger partial charge on any atom is 0.313 e. The van der Waals surface area contributed by atoms with E-state index < -0.39 is 16.7 Å². The minimum Gasteiger partial charge on any atom is -0.378 e. The third kappa shape index (κ3) is 5.76. The van der Waals surface area contributed by atoms with E-state index >= 15 is 0 Å². The van der Waals surface area contributed by atoms with Crippen molar-refractivity contribution >= 4 is 28.9 Å². The van der Waals surface area contributed by atoms with Crippen molar-refractivity contribution in [3.8, 4) is 0 Å². The van der Waals surface area contributed by atoms with Gasteiger partial charge in [0, 0.05) is 43.1 Å². The summed E-state index contributed by atoms with van der Waals surface area (Å²) in [5.41, 5.74) is 2.42. The van der Waals surface area contributed by atoms with Gasteiger partial charge in [0.25, 0.3) is 5.69 Å². The minimum absolute atomic E-state index is 0.0907. The Kier molecular flexibility index (Phi) is 6.75. The molecular formula is C20H22N4O5. The van der Waals surface area contributed by atoms with Gasteiger partial charge in [0.15, 0.2) is 0 Å². The van der Waals surface area contributed by atoms with Crippen LogP contribution in [0.15, 0.2) is 48.5 Å². The summed E-state index contributed by atoms with van der Waals surface area (Å²) < 4.78 is 5.35. The zero-order valence-corrected chi connectivity index (χ0v) is 15.8.